The molecule has 1 saturated heterocycles. The first-order chi connectivity index (χ1) is 6.56. The van der Waals surface area contributed by atoms with Gasteiger partial charge in [-0.05, 0) is 0 Å². The summed E-state index contributed by atoms with van der Waals surface area (Å²) in [5.74, 6) is 0. The van der Waals surface area contributed by atoms with Crippen LogP contribution in [0.1, 0.15) is 0 Å². The van der Waals surface area contributed by atoms with Gasteiger partial charge in [-0.3, -0.25) is 4.90 Å². The lowest BCUT2D eigenvalue weighted by Gasteiger charge is -2.21. The lowest BCUT2D eigenvalue weighted by Crippen LogP contribution is -2.43. The van der Waals surface area contributed by atoms with E-state index in [0.717, 1.165) is 0 Å². The van der Waals surface area contributed by atoms with Crippen molar-refractivity contribution in [3.63, 3.8) is 0 Å². The van der Waals surface area contributed by atoms with Crippen molar-refractivity contribution < 1.29 is 25.5 Å². The Balaban J connectivity index is 2.62. The van der Waals surface area contributed by atoms with Crippen molar-refractivity contribution in [3.8, 4) is 0 Å². The number of aliphatic hydroxyl groups excluding tert-OH is 5. The zero-order valence-corrected chi connectivity index (χ0v) is 7.82. The predicted octanol–water partition coefficient (Wildman–Crippen LogP) is -3.26. The average Bonchev–Trinajstić information content (AvgIpc) is 2.21. The van der Waals surface area contributed by atoms with E-state index in [-0.39, 0.29) is 19.7 Å². The maximum Gasteiger partial charge on any atom is 0.110 e. The first-order valence-electron chi connectivity index (χ1n) is 4.61. The summed E-state index contributed by atoms with van der Waals surface area (Å²) in [5.41, 5.74) is 0. The predicted molar refractivity (Wildman–Crippen MR) is 47.6 cm³/mol. The van der Waals surface area contributed by atoms with Crippen LogP contribution < -0.4 is 0 Å². The molecule has 6 nitrogen and oxygen atoms in total. The van der Waals surface area contributed by atoms with Gasteiger partial charge in [0.25, 0.3) is 0 Å². The molecule has 0 aromatic heterocycles. The molecule has 84 valence electrons. The molecule has 6 heteroatoms. The molecule has 1 aliphatic heterocycles. The number of hydrogen-bond donors (Lipinski definition) is 5. The minimum absolute atomic E-state index is 0.0916. The number of aliphatic hydroxyl groups is 5. The van der Waals surface area contributed by atoms with Crippen LogP contribution in [0.2, 0.25) is 0 Å². The quantitative estimate of drug-likeness (QED) is 0.325. The Kier molecular flexibility index (Phi) is 4.24. The van der Waals surface area contributed by atoms with Crippen molar-refractivity contribution in [1.29, 1.82) is 0 Å². The highest BCUT2D eigenvalue weighted by molar-refractivity contribution is 4.88. The molecule has 4 atom stereocenters. The van der Waals surface area contributed by atoms with E-state index in [4.69, 9.17) is 5.11 Å². The fraction of sp³-hybridized carbons (Fsp3) is 1.00. The van der Waals surface area contributed by atoms with Crippen molar-refractivity contribution in [2.24, 2.45) is 0 Å². The van der Waals surface area contributed by atoms with Gasteiger partial charge < -0.3 is 25.5 Å². The van der Waals surface area contributed by atoms with Crippen LogP contribution >= 0.6 is 0 Å². The normalized spacial score (nSPS) is 40.9. The molecule has 1 aliphatic rings. The number of likely N-dealkylation sites (tertiary alicyclic amines) is 1. The topological polar surface area (TPSA) is 104 Å². The highest BCUT2D eigenvalue weighted by Crippen LogP contribution is 2.12. The van der Waals surface area contributed by atoms with Crippen LogP contribution in [0.25, 0.3) is 0 Å². The fourth-order valence-corrected chi connectivity index (χ4v) is 1.60. The van der Waals surface area contributed by atoms with Gasteiger partial charge in [-0.2, -0.15) is 0 Å². The Labute approximate surface area is 82.0 Å². The van der Waals surface area contributed by atoms with Crippen molar-refractivity contribution in [2.75, 3.05) is 26.2 Å². The molecule has 0 spiro atoms. The minimum Gasteiger partial charge on any atom is -0.395 e. The number of nitrogens with zero attached hydrogens (tertiary/aromatic N) is 1. The van der Waals surface area contributed by atoms with E-state index in [1.54, 1.807) is 4.90 Å². The van der Waals surface area contributed by atoms with Gasteiger partial charge in [-0.25, -0.2) is 0 Å². The third kappa shape index (κ3) is 2.63. The monoisotopic (exact) mass is 207 g/mol. The third-order valence-electron chi connectivity index (χ3n) is 2.45. The van der Waals surface area contributed by atoms with Crippen LogP contribution in [0.5, 0.6) is 0 Å². The van der Waals surface area contributed by atoms with Crippen LogP contribution in [0.3, 0.4) is 0 Å². The molecule has 5 N–H and O–H groups in total. The molecule has 1 fully saturated rings. The lowest BCUT2D eigenvalue weighted by atomic mass is 10.1. The van der Waals surface area contributed by atoms with Crippen molar-refractivity contribution in [3.05, 3.63) is 0 Å². The van der Waals surface area contributed by atoms with E-state index in [1.807, 2.05) is 0 Å². The molecule has 1 rings (SSSR count). The molecule has 0 aromatic rings. The van der Waals surface area contributed by atoms with Crippen molar-refractivity contribution in [2.45, 2.75) is 24.4 Å². The van der Waals surface area contributed by atoms with Crippen LogP contribution in [0.4, 0.5) is 0 Å². The first-order valence-corrected chi connectivity index (χ1v) is 4.61. The Hall–Kier alpha value is -0.240. The van der Waals surface area contributed by atoms with Crippen LogP contribution in [0.15, 0.2) is 0 Å². The lowest BCUT2D eigenvalue weighted by molar-refractivity contribution is -0.0894. The Bertz CT molecular complexity index is 163. The zero-order valence-electron chi connectivity index (χ0n) is 7.82. The number of hydrogen-bond acceptors (Lipinski definition) is 6. The summed E-state index contributed by atoms with van der Waals surface area (Å²) in [4.78, 5) is 1.59. The van der Waals surface area contributed by atoms with Crippen molar-refractivity contribution in [1.82, 2.24) is 4.90 Å². The summed E-state index contributed by atoms with van der Waals surface area (Å²) in [7, 11) is 0. The van der Waals surface area contributed by atoms with E-state index < -0.39 is 24.4 Å². The van der Waals surface area contributed by atoms with Crippen LogP contribution in [0, 0.1) is 0 Å². The highest BCUT2D eigenvalue weighted by Gasteiger charge is 2.35. The fourth-order valence-electron chi connectivity index (χ4n) is 1.60. The molecule has 1 heterocycles. The summed E-state index contributed by atoms with van der Waals surface area (Å²) in [6.45, 7) is 0.477. The summed E-state index contributed by atoms with van der Waals surface area (Å²) in [5, 5.41) is 46.1. The van der Waals surface area contributed by atoms with Gasteiger partial charge in [0.05, 0.1) is 18.8 Å². The van der Waals surface area contributed by atoms with Gasteiger partial charge in [-0.15, -0.1) is 0 Å². The molecular formula is C8H17NO5. The second-order valence-electron chi connectivity index (χ2n) is 3.60. The minimum atomic E-state index is -1.34. The van der Waals surface area contributed by atoms with Crippen molar-refractivity contribution >= 4 is 0 Å². The summed E-state index contributed by atoms with van der Waals surface area (Å²) in [6.07, 6.45) is -4.88. The first kappa shape index (κ1) is 11.8. The highest BCUT2D eigenvalue weighted by atomic mass is 16.4. The Morgan fingerprint density at radius 3 is 1.71 bits per heavy atom. The van der Waals surface area contributed by atoms with E-state index in [1.165, 1.54) is 0 Å². The van der Waals surface area contributed by atoms with Gasteiger partial charge in [0.2, 0.25) is 0 Å². The Morgan fingerprint density at radius 1 is 0.929 bits per heavy atom. The van der Waals surface area contributed by atoms with Gasteiger partial charge in [0.1, 0.15) is 12.2 Å². The standard InChI is InChI=1S/C8H17NO5/c10-2-1-9-3-5(11)7(13)8(14)6(12)4-9/h5-8,10-14H,1-4H2/t5-,6+,7-,8-/m1/s1. The van der Waals surface area contributed by atoms with Crippen LogP contribution in [-0.4, -0.2) is 81.1 Å². The van der Waals surface area contributed by atoms with Gasteiger partial charge in [0, 0.05) is 19.6 Å². The largest absolute Gasteiger partial charge is 0.395 e. The van der Waals surface area contributed by atoms with E-state index in [0.29, 0.717) is 6.54 Å². The summed E-state index contributed by atoms with van der Waals surface area (Å²) in [6, 6.07) is 0. The maximum absolute atomic E-state index is 9.40. The van der Waals surface area contributed by atoms with Gasteiger partial charge in [-0.1, -0.05) is 0 Å². The summed E-state index contributed by atoms with van der Waals surface area (Å²) >= 11 is 0. The van der Waals surface area contributed by atoms with Gasteiger partial charge in [0.15, 0.2) is 0 Å². The molecule has 0 aromatic carbocycles. The number of rotatable bonds is 2. The molecule has 0 amide bonds. The maximum atomic E-state index is 9.40. The molecular weight excluding hydrogens is 190 g/mol. The average molecular weight is 207 g/mol. The molecule has 0 unspecified atom stereocenters. The Morgan fingerprint density at radius 2 is 1.36 bits per heavy atom. The second-order valence-corrected chi connectivity index (χ2v) is 3.60. The van der Waals surface area contributed by atoms with E-state index in [2.05, 4.69) is 0 Å². The smallest absolute Gasteiger partial charge is 0.110 e. The van der Waals surface area contributed by atoms with E-state index >= 15 is 0 Å². The molecule has 0 radical (unpaired) electrons. The van der Waals surface area contributed by atoms with E-state index in [9.17, 15) is 20.4 Å². The molecule has 14 heavy (non-hydrogen) atoms. The zero-order chi connectivity index (χ0) is 10.7. The van der Waals surface area contributed by atoms with Gasteiger partial charge >= 0.3 is 0 Å². The number of β-amino-alcohol motifs (C(OH)–C–C–N with tert-alkyl or cyclic N) is 3. The molecule has 0 bridgehead atoms. The molecule has 0 aliphatic carbocycles. The van der Waals surface area contributed by atoms with Crippen LogP contribution in [-0.2, 0) is 0 Å². The third-order valence-corrected chi connectivity index (χ3v) is 2.45. The SMILES string of the molecule is OCCN1C[C@@H](O)[C@@H](O)[C@H](O)[C@@H](O)C1. The summed E-state index contributed by atoms with van der Waals surface area (Å²) < 4.78 is 0. The molecule has 0 saturated carbocycles. The second kappa shape index (κ2) is 5.01.